The summed E-state index contributed by atoms with van der Waals surface area (Å²) in [6.07, 6.45) is 10.6. The minimum atomic E-state index is 0.163. The van der Waals surface area contributed by atoms with Crippen molar-refractivity contribution in [1.29, 1.82) is 0 Å². The molecule has 0 aliphatic carbocycles. The van der Waals surface area contributed by atoms with Crippen molar-refractivity contribution in [2.75, 3.05) is 0 Å². The van der Waals surface area contributed by atoms with E-state index in [1.54, 1.807) is 6.26 Å². The Balaban J connectivity index is 2.22. The van der Waals surface area contributed by atoms with Gasteiger partial charge in [-0.2, -0.15) is 0 Å². The van der Waals surface area contributed by atoms with Gasteiger partial charge in [0, 0.05) is 0 Å². The van der Waals surface area contributed by atoms with Crippen LogP contribution in [0, 0.1) is 6.92 Å². The minimum absolute atomic E-state index is 0.163. The quantitative estimate of drug-likeness (QED) is 0.390. The molecule has 0 saturated carbocycles. The number of furan rings is 1. The second-order valence-electron chi connectivity index (χ2n) is 4.74. The normalized spacial score (nSPS) is 12.9. The van der Waals surface area contributed by atoms with Crippen LogP contribution in [-0.2, 0) is 0 Å². The summed E-state index contributed by atoms with van der Waals surface area (Å²) in [5.41, 5.74) is 4.03. The van der Waals surface area contributed by atoms with Gasteiger partial charge in [-0.05, 0) is 25.0 Å². The average Bonchev–Trinajstić information content (AvgIpc) is 2.75. The first-order valence-electron chi connectivity index (χ1n) is 6.79. The summed E-state index contributed by atoms with van der Waals surface area (Å²) in [4.78, 5) is 0. The van der Waals surface area contributed by atoms with E-state index in [4.69, 9.17) is 10.3 Å². The third-order valence-corrected chi connectivity index (χ3v) is 3.27. The molecule has 98 valence electrons. The second kappa shape index (κ2) is 8.31. The molecule has 3 heteroatoms. The molecule has 1 aromatic heterocycles. The lowest BCUT2D eigenvalue weighted by Gasteiger charge is -2.14. The van der Waals surface area contributed by atoms with E-state index < -0.39 is 0 Å². The molecule has 0 radical (unpaired) electrons. The van der Waals surface area contributed by atoms with Crippen LogP contribution in [0.4, 0.5) is 0 Å². The van der Waals surface area contributed by atoms with Gasteiger partial charge in [0.05, 0.1) is 12.3 Å². The zero-order valence-corrected chi connectivity index (χ0v) is 11.2. The summed E-state index contributed by atoms with van der Waals surface area (Å²) in [5.74, 6) is 6.57. The van der Waals surface area contributed by atoms with Crippen LogP contribution in [0.25, 0.3) is 0 Å². The third-order valence-electron chi connectivity index (χ3n) is 3.27. The zero-order valence-electron chi connectivity index (χ0n) is 11.2. The number of nitrogens with one attached hydrogen (secondary N) is 1. The number of rotatable bonds is 9. The van der Waals surface area contributed by atoms with Gasteiger partial charge in [0.2, 0.25) is 0 Å². The van der Waals surface area contributed by atoms with Crippen molar-refractivity contribution in [3.05, 3.63) is 23.7 Å². The molecule has 1 unspecified atom stereocenters. The van der Waals surface area contributed by atoms with Gasteiger partial charge in [0.1, 0.15) is 5.76 Å². The van der Waals surface area contributed by atoms with Crippen LogP contribution in [0.3, 0.4) is 0 Å². The highest BCUT2D eigenvalue weighted by Crippen LogP contribution is 2.23. The Labute approximate surface area is 105 Å². The molecule has 1 rings (SSSR count). The van der Waals surface area contributed by atoms with Crippen LogP contribution in [-0.4, -0.2) is 0 Å². The van der Waals surface area contributed by atoms with Gasteiger partial charge >= 0.3 is 0 Å². The molecule has 0 bridgehead atoms. The molecule has 1 atom stereocenters. The molecule has 17 heavy (non-hydrogen) atoms. The van der Waals surface area contributed by atoms with Crippen LogP contribution in [0.5, 0.6) is 0 Å². The van der Waals surface area contributed by atoms with E-state index in [9.17, 15) is 0 Å². The Kier molecular flexibility index (Phi) is 6.97. The first kappa shape index (κ1) is 14.3. The van der Waals surface area contributed by atoms with E-state index in [1.165, 1.54) is 44.1 Å². The standard InChI is InChI=1S/C14H26N2O/c1-3-4-5-6-7-8-9-13(16-15)14-12(2)10-11-17-14/h10-11,13,16H,3-9,15H2,1-2H3. The van der Waals surface area contributed by atoms with Crippen molar-refractivity contribution >= 4 is 0 Å². The molecule has 1 heterocycles. The van der Waals surface area contributed by atoms with E-state index in [0.717, 1.165) is 12.2 Å². The minimum Gasteiger partial charge on any atom is -0.467 e. The molecule has 0 aliphatic heterocycles. The predicted molar refractivity (Wildman–Crippen MR) is 71.5 cm³/mol. The fourth-order valence-electron chi connectivity index (χ4n) is 2.16. The van der Waals surface area contributed by atoms with Crippen molar-refractivity contribution in [3.8, 4) is 0 Å². The highest BCUT2D eigenvalue weighted by Gasteiger charge is 2.14. The van der Waals surface area contributed by atoms with Crippen molar-refractivity contribution in [3.63, 3.8) is 0 Å². The maximum atomic E-state index is 5.59. The Hall–Kier alpha value is -0.800. The lowest BCUT2D eigenvalue weighted by molar-refractivity contribution is 0.386. The van der Waals surface area contributed by atoms with E-state index >= 15 is 0 Å². The first-order valence-corrected chi connectivity index (χ1v) is 6.79. The molecule has 0 fully saturated rings. The fourth-order valence-corrected chi connectivity index (χ4v) is 2.16. The Morgan fingerprint density at radius 2 is 1.94 bits per heavy atom. The summed E-state index contributed by atoms with van der Waals surface area (Å²) >= 11 is 0. The Bertz CT molecular complexity index is 296. The van der Waals surface area contributed by atoms with Crippen LogP contribution < -0.4 is 11.3 Å². The lowest BCUT2D eigenvalue weighted by atomic mass is 10.0. The summed E-state index contributed by atoms with van der Waals surface area (Å²) in [6.45, 7) is 4.30. The SMILES string of the molecule is CCCCCCCCC(NN)c1occc1C. The molecular formula is C14H26N2O. The van der Waals surface area contributed by atoms with Crippen molar-refractivity contribution in [2.24, 2.45) is 5.84 Å². The van der Waals surface area contributed by atoms with Crippen LogP contribution in [0.1, 0.15) is 69.2 Å². The largest absolute Gasteiger partial charge is 0.467 e. The van der Waals surface area contributed by atoms with Gasteiger partial charge in [0.15, 0.2) is 0 Å². The monoisotopic (exact) mass is 238 g/mol. The number of aryl methyl sites for hydroxylation is 1. The smallest absolute Gasteiger partial charge is 0.124 e. The van der Waals surface area contributed by atoms with Crippen molar-refractivity contribution in [1.82, 2.24) is 5.43 Å². The first-order chi connectivity index (χ1) is 8.29. The topological polar surface area (TPSA) is 51.2 Å². The molecule has 0 aliphatic rings. The predicted octanol–water partition coefficient (Wildman–Crippen LogP) is 3.84. The van der Waals surface area contributed by atoms with Crippen LogP contribution in [0.15, 0.2) is 16.7 Å². The van der Waals surface area contributed by atoms with Crippen molar-refractivity contribution < 1.29 is 4.42 Å². The number of hydrogen-bond donors (Lipinski definition) is 2. The van der Waals surface area contributed by atoms with Crippen LogP contribution >= 0.6 is 0 Å². The molecular weight excluding hydrogens is 212 g/mol. The number of unbranched alkanes of at least 4 members (excludes halogenated alkanes) is 5. The highest BCUT2D eigenvalue weighted by atomic mass is 16.3. The van der Waals surface area contributed by atoms with Crippen molar-refractivity contribution in [2.45, 2.75) is 64.8 Å². The number of hydrazine groups is 1. The summed E-state index contributed by atoms with van der Waals surface area (Å²) in [7, 11) is 0. The fraction of sp³-hybridized carbons (Fsp3) is 0.714. The van der Waals surface area contributed by atoms with Crippen LogP contribution in [0.2, 0.25) is 0 Å². The highest BCUT2D eigenvalue weighted by molar-refractivity contribution is 5.17. The maximum absolute atomic E-state index is 5.59. The molecule has 0 saturated heterocycles. The second-order valence-corrected chi connectivity index (χ2v) is 4.74. The van der Waals surface area contributed by atoms with Gasteiger partial charge in [-0.3, -0.25) is 5.84 Å². The number of hydrogen-bond acceptors (Lipinski definition) is 3. The molecule has 0 aromatic carbocycles. The average molecular weight is 238 g/mol. The van der Waals surface area contributed by atoms with E-state index in [-0.39, 0.29) is 6.04 Å². The molecule has 3 N–H and O–H groups in total. The van der Waals surface area contributed by atoms with Gasteiger partial charge < -0.3 is 4.42 Å². The van der Waals surface area contributed by atoms with Gasteiger partial charge in [-0.1, -0.05) is 45.4 Å². The summed E-state index contributed by atoms with van der Waals surface area (Å²) < 4.78 is 5.47. The van der Waals surface area contributed by atoms with E-state index in [0.29, 0.717) is 0 Å². The summed E-state index contributed by atoms with van der Waals surface area (Å²) in [6, 6.07) is 2.15. The van der Waals surface area contributed by atoms with Gasteiger partial charge in [-0.15, -0.1) is 0 Å². The summed E-state index contributed by atoms with van der Waals surface area (Å²) in [5, 5.41) is 0. The lowest BCUT2D eigenvalue weighted by Crippen LogP contribution is -2.28. The molecule has 3 nitrogen and oxygen atoms in total. The Morgan fingerprint density at radius 3 is 2.53 bits per heavy atom. The Morgan fingerprint density at radius 1 is 1.24 bits per heavy atom. The third kappa shape index (κ3) is 4.92. The van der Waals surface area contributed by atoms with Gasteiger partial charge in [0.25, 0.3) is 0 Å². The molecule has 1 aromatic rings. The molecule has 0 amide bonds. The zero-order chi connectivity index (χ0) is 12.5. The maximum Gasteiger partial charge on any atom is 0.124 e. The van der Waals surface area contributed by atoms with E-state index in [1.807, 2.05) is 6.07 Å². The van der Waals surface area contributed by atoms with E-state index in [2.05, 4.69) is 19.3 Å². The van der Waals surface area contributed by atoms with Gasteiger partial charge in [-0.25, -0.2) is 5.43 Å². The number of nitrogens with two attached hydrogens (primary N) is 1. The molecule has 0 spiro atoms.